The summed E-state index contributed by atoms with van der Waals surface area (Å²) in [6, 6.07) is 22.9. The summed E-state index contributed by atoms with van der Waals surface area (Å²) in [4.78, 5) is 44.8. The molecule has 3 amide bonds. The zero-order chi connectivity index (χ0) is 31.1. The van der Waals surface area contributed by atoms with Crippen molar-refractivity contribution in [1.29, 1.82) is 0 Å². The molecule has 3 aromatic carbocycles. The van der Waals surface area contributed by atoms with E-state index in [-0.39, 0.29) is 42.1 Å². The number of para-hydroxylation sites is 1. The first kappa shape index (κ1) is 29.2. The van der Waals surface area contributed by atoms with E-state index in [2.05, 4.69) is 0 Å². The molecule has 45 heavy (non-hydrogen) atoms. The van der Waals surface area contributed by atoms with Crippen LogP contribution in [0.4, 0.5) is 5.82 Å². The van der Waals surface area contributed by atoms with Crippen LogP contribution in [0.25, 0.3) is 16.9 Å². The van der Waals surface area contributed by atoms with E-state index < -0.39 is 0 Å². The van der Waals surface area contributed by atoms with Gasteiger partial charge in [-0.15, -0.1) is 11.8 Å². The molecule has 10 nitrogen and oxygen atoms in total. The van der Waals surface area contributed by atoms with Gasteiger partial charge in [0.15, 0.2) is 11.5 Å². The first-order valence-corrected chi connectivity index (χ1v) is 16.1. The molecule has 230 valence electrons. The van der Waals surface area contributed by atoms with Crippen molar-refractivity contribution in [3.63, 3.8) is 0 Å². The molecule has 0 unspecified atom stereocenters. The fraction of sp³-hybridized carbons (Fsp3) is 0.273. The monoisotopic (exact) mass is 643 g/mol. The minimum Gasteiger partial charge on any atom is -0.454 e. The van der Waals surface area contributed by atoms with E-state index in [0.29, 0.717) is 59.9 Å². The summed E-state index contributed by atoms with van der Waals surface area (Å²) in [5.74, 6) is 1.51. The van der Waals surface area contributed by atoms with E-state index >= 15 is 0 Å². The van der Waals surface area contributed by atoms with E-state index in [1.165, 1.54) is 18.7 Å². The van der Waals surface area contributed by atoms with Gasteiger partial charge in [0, 0.05) is 44.2 Å². The molecule has 0 aliphatic carbocycles. The number of hydrogen-bond acceptors (Lipinski definition) is 7. The number of fused-ring (bicyclic) bond motifs is 2. The van der Waals surface area contributed by atoms with E-state index in [0.717, 1.165) is 16.7 Å². The number of hydrogen-bond donors (Lipinski definition) is 0. The zero-order valence-corrected chi connectivity index (χ0v) is 26.1. The van der Waals surface area contributed by atoms with Gasteiger partial charge in [-0.2, -0.15) is 5.10 Å². The first-order valence-electron chi connectivity index (χ1n) is 14.7. The highest BCUT2D eigenvalue weighted by atomic mass is 35.5. The lowest BCUT2D eigenvalue weighted by Crippen LogP contribution is -2.53. The van der Waals surface area contributed by atoms with Crippen LogP contribution in [0, 0.1) is 0 Å². The minimum atomic E-state index is -0.330. The summed E-state index contributed by atoms with van der Waals surface area (Å²) >= 11 is 8.24. The Kier molecular flexibility index (Phi) is 7.88. The third kappa shape index (κ3) is 5.51. The van der Waals surface area contributed by atoms with Crippen LogP contribution in [0.2, 0.25) is 5.02 Å². The molecule has 0 spiro atoms. The molecule has 1 saturated heterocycles. The summed E-state index contributed by atoms with van der Waals surface area (Å²) < 4.78 is 13.0. The van der Waals surface area contributed by atoms with Crippen LogP contribution in [0.5, 0.6) is 11.5 Å². The lowest BCUT2D eigenvalue weighted by atomic mass is 9.99. The van der Waals surface area contributed by atoms with Crippen molar-refractivity contribution >= 4 is 46.9 Å². The molecule has 3 aliphatic rings. The number of ether oxygens (including phenoxy) is 2. The van der Waals surface area contributed by atoms with E-state index in [4.69, 9.17) is 26.2 Å². The number of carbonyl (C=O) groups is 3. The van der Waals surface area contributed by atoms with Crippen molar-refractivity contribution in [2.75, 3.05) is 50.2 Å². The van der Waals surface area contributed by atoms with Crippen LogP contribution in [-0.2, 0) is 14.4 Å². The van der Waals surface area contributed by atoms with Gasteiger partial charge in [0.05, 0.1) is 27.4 Å². The van der Waals surface area contributed by atoms with Crippen LogP contribution in [0.3, 0.4) is 0 Å². The van der Waals surface area contributed by atoms with Gasteiger partial charge >= 0.3 is 0 Å². The number of amides is 3. The molecule has 0 N–H and O–H groups in total. The molecule has 0 saturated carbocycles. The molecule has 7 rings (SSSR count). The Morgan fingerprint density at radius 1 is 0.933 bits per heavy atom. The Morgan fingerprint density at radius 3 is 2.40 bits per heavy atom. The summed E-state index contributed by atoms with van der Waals surface area (Å²) in [5.41, 5.74) is 3.86. The minimum absolute atomic E-state index is 0.0156. The highest BCUT2D eigenvalue weighted by Gasteiger charge is 2.39. The largest absolute Gasteiger partial charge is 0.454 e. The maximum absolute atomic E-state index is 14.1. The average Bonchev–Trinajstić information content (AvgIpc) is 3.66. The predicted octanol–water partition coefficient (Wildman–Crippen LogP) is 4.78. The van der Waals surface area contributed by atoms with Crippen molar-refractivity contribution in [3.05, 3.63) is 88.9 Å². The van der Waals surface area contributed by atoms with Crippen LogP contribution < -0.4 is 14.4 Å². The quantitative estimate of drug-likeness (QED) is 0.309. The molecular weight excluding hydrogens is 614 g/mol. The van der Waals surface area contributed by atoms with Crippen LogP contribution in [0.15, 0.2) is 72.8 Å². The highest BCUT2D eigenvalue weighted by molar-refractivity contribution is 8.00. The number of carbonyl (C=O) groups excluding carboxylic acids is 3. The Bertz CT molecular complexity index is 1790. The van der Waals surface area contributed by atoms with E-state index in [1.807, 2.05) is 66.7 Å². The summed E-state index contributed by atoms with van der Waals surface area (Å²) in [7, 11) is 0. The van der Waals surface area contributed by atoms with E-state index in [9.17, 15) is 14.4 Å². The van der Waals surface area contributed by atoms with Crippen molar-refractivity contribution < 1.29 is 23.9 Å². The standard InChI is InChI=1S/C33H30ClN5O5S/c1-21(40)36-13-15-37(16-14-36)28(41)18-38-29(42)19-45-32(23-11-12-26-27(17-23)44-20-43-26)30-31(22-7-3-2-4-8-22)35-39(33(30)38)25-10-6-5-9-24(25)34/h2-12,17,32H,13-16,18-20H2,1H3/t32-/m0/s1. The lowest BCUT2D eigenvalue weighted by molar-refractivity contribution is -0.137. The van der Waals surface area contributed by atoms with Crippen molar-refractivity contribution in [1.82, 2.24) is 19.6 Å². The van der Waals surface area contributed by atoms with Crippen molar-refractivity contribution in [3.8, 4) is 28.4 Å². The molecule has 12 heteroatoms. The van der Waals surface area contributed by atoms with Gasteiger partial charge in [-0.25, -0.2) is 4.68 Å². The van der Waals surface area contributed by atoms with Crippen molar-refractivity contribution in [2.45, 2.75) is 12.2 Å². The maximum Gasteiger partial charge on any atom is 0.242 e. The average molecular weight is 644 g/mol. The second kappa shape index (κ2) is 12.1. The molecule has 4 aromatic rings. The number of rotatable bonds is 5. The third-order valence-electron chi connectivity index (χ3n) is 8.29. The Hall–Kier alpha value is -4.48. The Labute approximate surface area is 269 Å². The van der Waals surface area contributed by atoms with Gasteiger partial charge in [-0.05, 0) is 29.8 Å². The normalized spacial score (nSPS) is 17.7. The first-order chi connectivity index (χ1) is 21.9. The van der Waals surface area contributed by atoms with Gasteiger partial charge in [-0.1, -0.05) is 60.1 Å². The second-order valence-electron chi connectivity index (χ2n) is 11.0. The van der Waals surface area contributed by atoms with Gasteiger partial charge < -0.3 is 19.3 Å². The number of aromatic nitrogens is 2. The number of anilines is 1. The fourth-order valence-corrected chi connectivity index (χ4v) is 7.37. The molecule has 1 aromatic heterocycles. The van der Waals surface area contributed by atoms with Gasteiger partial charge in [0.25, 0.3) is 0 Å². The predicted molar refractivity (Wildman–Crippen MR) is 172 cm³/mol. The van der Waals surface area contributed by atoms with Crippen molar-refractivity contribution in [2.24, 2.45) is 0 Å². The molecule has 1 atom stereocenters. The number of benzene rings is 3. The molecule has 1 fully saturated rings. The number of nitrogens with zero attached hydrogens (tertiary/aromatic N) is 5. The van der Waals surface area contributed by atoms with Crippen LogP contribution >= 0.6 is 23.4 Å². The summed E-state index contributed by atoms with van der Waals surface area (Å²) in [6.45, 7) is 3.22. The van der Waals surface area contributed by atoms with Crippen LogP contribution in [0.1, 0.15) is 23.3 Å². The SMILES string of the molecule is CC(=O)N1CCN(C(=O)CN2C(=O)CS[C@@H](c3ccc4c(c3)OCO4)c3c(-c4ccccc4)nn(-c4ccccc4Cl)c32)CC1. The number of thioether (sulfide) groups is 1. The third-order valence-corrected chi connectivity index (χ3v) is 9.86. The fourth-order valence-electron chi connectivity index (χ4n) is 5.97. The smallest absolute Gasteiger partial charge is 0.242 e. The number of halogens is 1. The Balaban J connectivity index is 1.39. The lowest BCUT2D eigenvalue weighted by Gasteiger charge is -2.35. The van der Waals surface area contributed by atoms with Gasteiger partial charge in [-0.3, -0.25) is 19.3 Å². The molecule has 4 heterocycles. The molecule has 0 bridgehead atoms. The zero-order valence-electron chi connectivity index (χ0n) is 24.5. The Morgan fingerprint density at radius 2 is 1.64 bits per heavy atom. The molecule has 3 aliphatic heterocycles. The number of piperazine rings is 1. The maximum atomic E-state index is 14.1. The topological polar surface area (TPSA) is 97.2 Å². The molecular formula is C33H30ClN5O5S. The molecule has 0 radical (unpaired) electrons. The van der Waals surface area contributed by atoms with E-state index in [1.54, 1.807) is 25.4 Å². The van der Waals surface area contributed by atoms with Crippen LogP contribution in [-0.4, -0.2) is 82.6 Å². The van der Waals surface area contributed by atoms with Gasteiger partial charge in [0.2, 0.25) is 24.5 Å². The second-order valence-corrected chi connectivity index (χ2v) is 12.5. The summed E-state index contributed by atoms with van der Waals surface area (Å²) in [5, 5.41) is 5.24. The van der Waals surface area contributed by atoms with Gasteiger partial charge in [0.1, 0.15) is 12.4 Å². The summed E-state index contributed by atoms with van der Waals surface area (Å²) in [6.07, 6.45) is 0. The highest BCUT2D eigenvalue weighted by Crippen LogP contribution is 2.50.